The number of nitrogens with zero attached hydrogens (tertiary/aromatic N) is 2. The molecule has 3 N–H and O–H groups in total. The molecule has 3 unspecified atom stereocenters. The Labute approximate surface area is 204 Å². The van der Waals surface area contributed by atoms with Crippen molar-refractivity contribution in [2.45, 2.75) is 62.1 Å². The van der Waals surface area contributed by atoms with Crippen molar-refractivity contribution in [1.29, 1.82) is 0 Å². The highest BCUT2D eigenvalue weighted by atomic mass is 19.1. The predicted octanol–water partition coefficient (Wildman–Crippen LogP) is 3.04. The van der Waals surface area contributed by atoms with Gasteiger partial charge in [-0.1, -0.05) is 12.1 Å². The summed E-state index contributed by atoms with van der Waals surface area (Å²) in [7, 11) is 0. The Hall–Kier alpha value is -3.00. The van der Waals surface area contributed by atoms with Gasteiger partial charge >= 0.3 is 0 Å². The van der Waals surface area contributed by atoms with E-state index in [4.69, 9.17) is 0 Å². The molecule has 184 valence electrons. The number of aromatic nitrogens is 1. The quantitative estimate of drug-likeness (QED) is 0.614. The van der Waals surface area contributed by atoms with Crippen LogP contribution in [0.3, 0.4) is 0 Å². The summed E-state index contributed by atoms with van der Waals surface area (Å²) < 4.78 is 13.7. The van der Waals surface area contributed by atoms with E-state index in [0.717, 1.165) is 38.6 Å². The van der Waals surface area contributed by atoms with Crippen molar-refractivity contribution in [3.8, 4) is 0 Å². The molecule has 0 radical (unpaired) electrons. The lowest BCUT2D eigenvalue weighted by Crippen LogP contribution is -2.69. The second-order valence-corrected chi connectivity index (χ2v) is 11.2. The van der Waals surface area contributed by atoms with E-state index in [9.17, 15) is 19.1 Å². The van der Waals surface area contributed by atoms with Crippen LogP contribution in [0.2, 0.25) is 0 Å². The summed E-state index contributed by atoms with van der Waals surface area (Å²) in [5.41, 5.74) is -0.0658. The highest BCUT2D eigenvalue weighted by Crippen LogP contribution is 2.57. The number of pyridine rings is 1. The third kappa shape index (κ3) is 4.29. The molecule has 1 aromatic carbocycles. The third-order valence-electron chi connectivity index (χ3n) is 8.36. The molecule has 1 aliphatic heterocycles. The normalized spacial score (nSPS) is 33.1. The summed E-state index contributed by atoms with van der Waals surface area (Å²) in [6, 6.07) is 11.2. The number of benzene rings is 1. The molecule has 7 rings (SSSR count). The lowest BCUT2D eigenvalue weighted by molar-refractivity contribution is -0.0448. The molecule has 1 saturated heterocycles. The van der Waals surface area contributed by atoms with Gasteiger partial charge in [0.05, 0.1) is 6.10 Å². The molecule has 2 heterocycles. The number of amides is 2. The molecule has 4 bridgehead atoms. The standard InChI is InChI=1S/C27H31FN4O3/c28-20-4-1-3-19(10-20)24(34)30-26-11-17-9-18(12-26)14-27(13-17,16-26)31-25(35)22-5-2-6-23(29-22)32-8-7-21(33)15-32/h1-6,10,17-18,21,33H,7-9,11-16H2,(H,30,34)(H,31,35). The van der Waals surface area contributed by atoms with Crippen molar-refractivity contribution in [3.05, 3.63) is 59.5 Å². The van der Waals surface area contributed by atoms with Gasteiger partial charge in [-0.3, -0.25) is 9.59 Å². The smallest absolute Gasteiger partial charge is 0.270 e. The largest absolute Gasteiger partial charge is 0.391 e. The van der Waals surface area contributed by atoms with E-state index < -0.39 is 5.82 Å². The molecule has 5 fully saturated rings. The molecule has 1 aromatic heterocycles. The maximum atomic E-state index is 13.7. The Balaban J connectivity index is 1.20. The summed E-state index contributed by atoms with van der Waals surface area (Å²) in [6.45, 7) is 1.25. The third-order valence-corrected chi connectivity index (χ3v) is 8.36. The van der Waals surface area contributed by atoms with Crippen LogP contribution in [0.15, 0.2) is 42.5 Å². The molecule has 3 atom stereocenters. The van der Waals surface area contributed by atoms with E-state index in [1.165, 1.54) is 12.1 Å². The number of β-amino-alcohol motifs (C(OH)–C–C–N with tert-alkyl or cyclic N) is 1. The molecule has 7 nitrogen and oxygen atoms in total. The van der Waals surface area contributed by atoms with Gasteiger partial charge in [0.1, 0.15) is 17.3 Å². The number of carbonyl (C=O) groups excluding carboxylic acids is 2. The van der Waals surface area contributed by atoms with Crippen molar-refractivity contribution in [2.75, 3.05) is 18.0 Å². The highest BCUT2D eigenvalue weighted by molar-refractivity contribution is 5.95. The van der Waals surface area contributed by atoms with Gasteiger partial charge in [0.15, 0.2) is 0 Å². The number of hydrogen-bond donors (Lipinski definition) is 3. The monoisotopic (exact) mass is 478 g/mol. The fourth-order valence-electron chi connectivity index (χ4n) is 7.48. The van der Waals surface area contributed by atoms with Gasteiger partial charge in [-0.05, 0) is 87.1 Å². The zero-order chi connectivity index (χ0) is 24.2. The molecule has 5 aliphatic rings. The lowest BCUT2D eigenvalue weighted by atomic mass is 9.49. The van der Waals surface area contributed by atoms with Crippen LogP contribution in [0.1, 0.15) is 65.8 Å². The molecule has 0 spiro atoms. The fraction of sp³-hybridized carbons (Fsp3) is 0.519. The van der Waals surface area contributed by atoms with Gasteiger partial charge in [-0.15, -0.1) is 0 Å². The number of aliphatic hydroxyl groups is 1. The maximum Gasteiger partial charge on any atom is 0.270 e. The van der Waals surface area contributed by atoms with Crippen molar-refractivity contribution < 1.29 is 19.1 Å². The Morgan fingerprint density at radius 1 is 1.00 bits per heavy atom. The van der Waals surface area contributed by atoms with Crippen molar-refractivity contribution in [1.82, 2.24) is 15.6 Å². The van der Waals surface area contributed by atoms with E-state index >= 15 is 0 Å². The van der Waals surface area contributed by atoms with Crippen LogP contribution in [0.5, 0.6) is 0 Å². The summed E-state index contributed by atoms with van der Waals surface area (Å²) in [6.07, 6.45) is 5.75. The number of nitrogens with one attached hydrogen (secondary N) is 2. The first-order chi connectivity index (χ1) is 16.8. The lowest BCUT2D eigenvalue weighted by Gasteiger charge is -2.62. The minimum atomic E-state index is -0.426. The Morgan fingerprint density at radius 3 is 2.34 bits per heavy atom. The fourth-order valence-corrected chi connectivity index (χ4v) is 7.48. The average Bonchev–Trinajstić information content (AvgIpc) is 3.24. The topological polar surface area (TPSA) is 94.6 Å². The van der Waals surface area contributed by atoms with Crippen LogP contribution in [0, 0.1) is 17.7 Å². The van der Waals surface area contributed by atoms with Crippen LogP contribution < -0.4 is 15.5 Å². The summed E-state index contributed by atoms with van der Waals surface area (Å²) in [5.74, 6) is 0.711. The number of halogens is 1. The first kappa shape index (κ1) is 22.5. The predicted molar refractivity (Wildman–Crippen MR) is 129 cm³/mol. The van der Waals surface area contributed by atoms with Crippen LogP contribution in [-0.4, -0.2) is 52.2 Å². The van der Waals surface area contributed by atoms with Gasteiger partial charge in [-0.2, -0.15) is 0 Å². The van der Waals surface area contributed by atoms with Crippen molar-refractivity contribution in [2.24, 2.45) is 11.8 Å². The van der Waals surface area contributed by atoms with Gasteiger partial charge in [0.25, 0.3) is 11.8 Å². The number of anilines is 1. The number of carbonyl (C=O) groups is 2. The van der Waals surface area contributed by atoms with Crippen LogP contribution >= 0.6 is 0 Å². The molecule has 35 heavy (non-hydrogen) atoms. The molecular weight excluding hydrogens is 447 g/mol. The molecule has 4 aliphatic carbocycles. The van der Waals surface area contributed by atoms with Crippen LogP contribution in [0.25, 0.3) is 0 Å². The van der Waals surface area contributed by atoms with E-state index in [1.807, 2.05) is 17.0 Å². The van der Waals surface area contributed by atoms with Gasteiger partial charge in [0, 0.05) is 29.7 Å². The van der Waals surface area contributed by atoms with E-state index in [1.54, 1.807) is 18.2 Å². The SMILES string of the molecule is O=C(NC12CC3CC(C1)CC(NC(=O)c1cccc(N4CCC(O)C4)n1)(C3)C2)c1cccc(F)c1. The summed E-state index contributed by atoms with van der Waals surface area (Å²) >= 11 is 0. The van der Waals surface area contributed by atoms with Crippen LogP contribution in [0.4, 0.5) is 10.2 Å². The first-order valence-corrected chi connectivity index (χ1v) is 12.6. The zero-order valence-electron chi connectivity index (χ0n) is 19.7. The molecule has 8 heteroatoms. The maximum absolute atomic E-state index is 13.7. The minimum absolute atomic E-state index is 0.194. The summed E-state index contributed by atoms with van der Waals surface area (Å²) in [4.78, 5) is 33.0. The van der Waals surface area contributed by atoms with Crippen LogP contribution in [-0.2, 0) is 0 Å². The van der Waals surface area contributed by atoms with E-state index in [-0.39, 0.29) is 29.0 Å². The Kier molecular flexibility index (Phi) is 5.32. The van der Waals surface area contributed by atoms with Crippen molar-refractivity contribution in [3.63, 3.8) is 0 Å². The number of rotatable bonds is 5. The Morgan fingerprint density at radius 2 is 1.69 bits per heavy atom. The highest BCUT2D eigenvalue weighted by Gasteiger charge is 2.58. The number of aliphatic hydroxyl groups excluding tert-OH is 1. The van der Waals surface area contributed by atoms with Gasteiger partial charge < -0.3 is 20.6 Å². The molecular formula is C27H31FN4O3. The van der Waals surface area contributed by atoms with E-state index in [2.05, 4.69) is 15.6 Å². The molecule has 2 amide bonds. The first-order valence-electron chi connectivity index (χ1n) is 12.6. The van der Waals surface area contributed by atoms with Gasteiger partial charge in [-0.25, -0.2) is 9.37 Å². The zero-order valence-corrected chi connectivity index (χ0v) is 19.7. The van der Waals surface area contributed by atoms with Gasteiger partial charge in [0.2, 0.25) is 0 Å². The van der Waals surface area contributed by atoms with E-state index in [0.29, 0.717) is 48.3 Å². The molecule has 2 aromatic rings. The second kappa shape index (κ2) is 8.29. The second-order valence-electron chi connectivity index (χ2n) is 11.2. The van der Waals surface area contributed by atoms with Crippen molar-refractivity contribution >= 4 is 17.6 Å². The molecule has 4 saturated carbocycles. The minimum Gasteiger partial charge on any atom is -0.391 e. The number of hydrogen-bond acceptors (Lipinski definition) is 5. The summed E-state index contributed by atoms with van der Waals surface area (Å²) in [5, 5.41) is 16.4. The average molecular weight is 479 g/mol. The Bertz CT molecular complexity index is 1160.